The zero-order valence-corrected chi connectivity index (χ0v) is 9.59. The van der Waals surface area contributed by atoms with E-state index in [2.05, 4.69) is 18.8 Å². The Labute approximate surface area is 92.1 Å². The Bertz CT molecular complexity index is 228. The molecule has 1 aliphatic rings. The van der Waals surface area contributed by atoms with Gasteiger partial charge in [-0.15, -0.1) is 6.58 Å². The quantitative estimate of drug-likeness (QED) is 0.654. The van der Waals surface area contributed by atoms with Crippen LogP contribution in [0.1, 0.15) is 39.0 Å². The molecule has 0 aromatic carbocycles. The van der Waals surface area contributed by atoms with Crippen molar-refractivity contribution >= 4 is 5.91 Å². The van der Waals surface area contributed by atoms with Gasteiger partial charge in [-0.1, -0.05) is 19.4 Å². The maximum Gasteiger partial charge on any atom is 0.237 e. The predicted octanol–water partition coefficient (Wildman–Crippen LogP) is 1.59. The van der Waals surface area contributed by atoms with Crippen LogP contribution in [0.25, 0.3) is 0 Å². The van der Waals surface area contributed by atoms with Crippen LogP contribution in [-0.2, 0) is 4.79 Å². The van der Waals surface area contributed by atoms with Crippen molar-refractivity contribution in [3.63, 3.8) is 0 Å². The van der Waals surface area contributed by atoms with E-state index >= 15 is 0 Å². The lowest BCUT2D eigenvalue weighted by atomic mass is 9.67. The SMILES string of the molecule is C=CCC(N)C(=O)NCC1(CC)CCC1. The van der Waals surface area contributed by atoms with Gasteiger partial charge in [-0.05, 0) is 31.1 Å². The van der Waals surface area contributed by atoms with E-state index < -0.39 is 6.04 Å². The average molecular weight is 210 g/mol. The number of rotatable bonds is 6. The van der Waals surface area contributed by atoms with E-state index in [9.17, 15) is 4.79 Å². The molecule has 0 aromatic heterocycles. The molecule has 1 aliphatic carbocycles. The number of nitrogens with one attached hydrogen (secondary N) is 1. The summed E-state index contributed by atoms with van der Waals surface area (Å²) in [6.45, 7) is 6.55. The van der Waals surface area contributed by atoms with Crippen molar-refractivity contribution in [3.8, 4) is 0 Å². The van der Waals surface area contributed by atoms with Gasteiger partial charge in [0, 0.05) is 6.54 Å². The first-order valence-electron chi connectivity index (χ1n) is 5.78. The van der Waals surface area contributed by atoms with E-state index in [0.29, 0.717) is 11.8 Å². The second-order valence-electron chi connectivity index (χ2n) is 4.56. The number of hydrogen-bond acceptors (Lipinski definition) is 2. The van der Waals surface area contributed by atoms with Gasteiger partial charge in [-0.25, -0.2) is 0 Å². The fourth-order valence-corrected chi connectivity index (χ4v) is 2.02. The number of hydrogen-bond donors (Lipinski definition) is 2. The van der Waals surface area contributed by atoms with Crippen LogP contribution in [0.5, 0.6) is 0 Å². The molecule has 3 N–H and O–H groups in total. The Morgan fingerprint density at radius 2 is 2.33 bits per heavy atom. The first kappa shape index (κ1) is 12.2. The van der Waals surface area contributed by atoms with Gasteiger partial charge in [0.25, 0.3) is 0 Å². The van der Waals surface area contributed by atoms with E-state index in [4.69, 9.17) is 5.73 Å². The van der Waals surface area contributed by atoms with Crippen LogP contribution < -0.4 is 11.1 Å². The Morgan fingerprint density at radius 3 is 2.73 bits per heavy atom. The van der Waals surface area contributed by atoms with Gasteiger partial charge in [-0.3, -0.25) is 4.79 Å². The summed E-state index contributed by atoms with van der Waals surface area (Å²) in [5.41, 5.74) is 6.04. The van der Waals surface area contributed by atoms with E-state index in [1.807, 2.05) is 0 Å². The molecule has 0 heterocycles. The largest absolute Gasteiger partial charge is 0.354 e. The van der Waals surface area contributed by atoms with Crippen molar-refractivity contribution in [3.05, 3.63) is 12.7 Å². The third kappa shape index (κ3) is 3.06. The molecule has 1 saturated carbocycles. The maximum absolute atomic E-state index is 11.6. The lowest BCUT2D eigenvalue weighted by Crippen LogP contribution is -2.47. The van der Waals surface area contributed by atoms with Crippen LogP contribution in [0.4, 0.5) is 0 Å². The molecule has 0 radical (unpaired) electrons. The second-order valence-corrected chi connectivity index (χ2v) is 4.56. The van der Waals surface area contributed by atoms with E-state index in [1.165, 1.54) is 19.3 Å². The van der Waals surface area contributed by atoms with Gasteiger partial charge >= 0.3 is 0 Å². The smallest absolute Gasteiger partial charge is 0.237 e. The monoisotopic (exact) mass is 210 g/mol. The first-order valence-corrected chi connectivity index (χ1v) is 5.78. The molecule has 3 nitrogen and oxygen atoms in total. The summed E-state index contributed by atoms with van der Waals surface area (Å²) in [6.07, 6.45) is 7.14. The molecule has 0 aliphatic heterocycles. The number of carbonyl (C=O) groups excluding carboxylic acids is 1. The zero-order valence-electron chi connectivity index (χ0n) is 9.59. The molecule has 3 heteroatoms. The van der Waals surface area contributed by atoms with Crippen molar-refractivity contribution in [1.82, 2.24) is 5.32 Å². The van der Waals surface area contributed by atoms with Crippen LogP contribution in [-0.4, -0.2) is 18.5 Å². The molecule has 0 saturated heterocycles. The molecule has 1 fully saturated rings. The van der Waals surface area contributed by atoms with E-state index in [1.54, 1.807) is 6.08 Å². The van der Waals surface area contributed by atoms with Crippen LogP contribution >= 0.6 is 0 Å². The minimum atomic E-state index is -0.434. The molecule has 86 valence electrons. The minimum Gasteiger partial charge on any atom is -0.354 e. The third-order valence-corrected chi connectivity index (χ3v) is 3.56. The van der Waals surface area contributed by atoms with Crippen molar-refractivity contribution in [2.75, 3.05) is 6.54 Å². The van der Waals surface area contributed by atoms with Gasteiger partial charge < -0.3 is 11.1 Å². The molecule has 1 unspecified atom stereocenters. The van der Waals surface area contributed by atoms with Gasteiger partial charge in [0.2, 0.25) is 5.91 Å². The highest BCUT2D eigenvalue weighted by atomic mass is 16.2. The van der Waals surface area contributed by atoms with Gasteiger partial charge in [0.05, 0.1) is 6.04 Å². The summed E-state index contributed by atoms with van der Waals surface area (Å²) < 4.78 is 0. The molecule has 0 bridgehead atoms. The highest BCUT2D eigenvalue weighted by Gasteiger charge is 2.35. The first-order chi connectivity index (χ1) is 7.13. The van der Waals surface area contributed by atoms with Crippen molar-refractivity contribution < 1.29 is 4.79 Å². The third-order valence-electron chi connectivity index (χ3n) is 3.56. The van der Waals surface area contributed by atoms with E-state index in [-0.39, 0.29) is 5.91 Å². The second kappa shape index (κ2) is 5.31. The lowest BCUT2D eigenvalue weighted by molar-refractivity contribution is -0.123. The fraction of sp³-hybridized carbons (Fsp3) is 0.750. The summed E-state index contributed by atoms with van der Waals surface area (Å²) in [6, 6.07) is -0.434. The highest BCUT2D eigenvalue weighted by molar-refractivity contribution is 5.81. The molecule has 0 spiro atoms. The van der Waals surface area contributed by atoms with Crippen LogP contribution in [0.2, 0.25) is 0 Å². The Hall–Kier alpha value is -0.830. The lowest BCUT2D eigenvalue weighted by Gasteiger charge is -2.41. The standard InChI is InChI=1S/C12H22N2O/c1-3-6-10(13)11(15)14-9-12(4-2)7-5-8-12/h3,10H,1,4-9,13H2,2H3,(H,14,15). The van der Waals surface area contributed by atoms with Crippen LogP contribution in [0.3, 0.4) is 0 Å². The molecular weight excluding hydrogens is 188 g/mol. The average Bonchev–Trinajstić information content (AvgIpc) is 2.17. The van der Waals surface area contributed by atoms with Crippen LogP contribution in [0.15, 0.2) is 12.7 Å². The topological polar surface area (TPSA) is 55.1 Å². The van der Waals surface area contributed by atoms with Gasteiger partial charge in [0.1, 0.15) is 0 Å². The van der Waals surface area contributed by atoms with Gasteiger partial charge in [0.15, 0.2) is 0 Å². The van der Waals surface area contributed by atoms with Crippen molar-refractivity contribution in [2.24, 2.45) is 11.1 Å². The molecule has 1 atom stereocenters. The molecule has 0 aromatic rings. The highest BCUT2D eigenvalue weighted by Crippen LogP contribution is 2.42. The Balaban J connectivity index is 2.29. The van der Waals surface area contributed by atoms with Crippen molar-refractivity contribution in [1.29, 1.82) is 0 Å². The molecule has 1 rings (SSSR count). The van der Waals surface area contributed by atoms with Crippen LogP contribution in [0, 0.1) is 5.41 Å². The van der Waals surface area contributed by atoms with Gasteiger partial charge in [-0.2, -0.15) is 0 Å². The normalized spacial score (nSPS) is 20.1. The number of carbonyl (C=O) groups is 1. The molecule has 1 amide bonds. The van der Waals surface area contributed by atoms with E-state index in [0.717, 1.165) is 13.0 Å². The summed E-state index contributed by atoms with van der Waals surface area (Å²) in [5.74, 6) is -0.0466. The summed E-state index contributed by atoms with van der Waals surface area (Å²) in [5, 5.41) is 2.95. The predicted molar refractivity (Wildman–Crippen MR) is 62.4 cm³/mol. The fourth-order valence-electron chi connectivity index (χ4n) is 2.02. The number of nitrogens with two attached hydrogens (primary N) is 1. The summed E-state index contributed by atoms with van der Waals surface area (Å²) in [4.78, 5) is 11.6. The Morgan fingerprint density at radius 1 is 1.67 bits per heavy atom. The zero-order chi connectivity index (χ0) is 11.3. The van der Waals surface area contributed by atoms with Crippen molar-refractivity contribution in [2.45, 2.75) is 45.1 Å². The molecule has 15 heavy (non-hydrogen) atoms. The molecular formula is C12H22N2O. The summed E-state index contributed by atoms with van der Waals surface area (Å²) in [7, 11) is 0. The minimum absolute atomic E-state index is 0.0466. The number of amides is 1. The Kier molecular flexibility index (Phi) is 4.33. The summed E-state index contributed by atoms with van der Waals surface area (Å²) >= 11 is 0. The maximum atomic E-state index is 11.6.